The highest BCUT2D eigenvalue weighted by atomic mass is 14.8. The third kappa shape index (κ3) is 1.91. The number of aromatic nitrogens is 3. The topological polar surface area (TPSA) is 41.6 Å². The molecule has 0 aliphatic heterocycles. The van der Waals surface area contributed by atoms with E-state index in [0.29, 0.717) is 0 Å². The SMILES string of the molecule is Cc1cc(-c2ccccn2)[nH]c1-c1ccccn1. The molecule has 18 heavy (non-hydrogen) atoms. The van der Waals surface area contributed by atoms with Gasteiger partial charge in [0.2, 0.25) is 0 Å². The van der Waals surface area contributed by atoms with E-state index in [1.807, 2.05) is 36.4 Å². The molecule has 3 nitrogen and oxygen atoms in total. The summed E-state index contributed by atoms with van der Waals surface area (Å²) in [6.45, 7) is 2.08. The Balaban J connectivity index is 2.07. The first kappa shape index (κ1) is 10.7. The summed E-state index contributed by atoms with van der Waals surface area (Å²) >= 11 is 0. The third-order valence-corrected chi connectivity index (χ3v) is 2.88. The fourth-order valence-electron chi connectivity index (χ4n) is 1.99. The van der Waals surface area contributed by atoms with Crippen LogP contribution >= 0.6 is 0 Å². The van der Waals surface area contributed by atoms with Crippen LogP contribution in [0.4, 0.5) is 0 Å². The fraction of sp³-hybridized carbons (Fsp3) is 0.0667. The van der Waals surface area contributed by atoms with E-state index in [2.05, 4.69) is 27.9 Å². The molecule has 3 aromatic rings. The molecule has 3 aromatic heterocycles. The minimum Gasteiger partial charge on any atom is -0.352 e. The third-order valence-electron chi connectivity index (χ3n) is 2.88. The lowest BCUT2D eigenvalue weighted by atomic mass is 10.2. The standard InChI is InChI=1S/C15H13N3/c1-11-10-14(12-6-2-4-8-16-12)18-15(11)13-7-3-5-9-17-13/h2-10,18H,1H3. The van der Waals surface area contributed by atoms with Crippen molar-refractivity contribution in [3.63, 3.8) is 0 Å². The molecule has 0 aliphatic rings. The van der Waals surface area contributed by atoms with Crippen LogP contribution in [-0.4, -0.2) is 15.0 Å². The van der Waals surface area contributed by atoms with Gasteiger partial charge in [-0.3, -0.25) is 9.97 Å². The molecule has 0 radical (unpaired) electrons. The van der Waals surface area contributed by atoms with Gasteiger partial charge in [0.15, 0.2) is 0 Å². The number of H-pyrrole nitrogens is 1. The predicted molar refractivity (Wildman–Crippen MR) is 72.0 cm³/mol. The van der Waals surface area contributed by atoms with E-state index in [-0.39, 0.29) is 0 Å². The molecule has 0 aromatic carbocycles. The van der Waals surface area contributed by atoms with Crippen molar-refractivity contribution in [2.24, 2.45) is 0 Å². The van der Waals surface area contributed by atoms with Crippen molar-refractivity contribution in [1.82, 2.24) is 15.0 Å². The summed E-state index contributed by atoms with van der Waals surface area (Å²) in [7, 11) is 0. The summed E-state index contributed by atoms with van der Waals surface area (Å²) in [4.78, 5) is 12.1. The second-order valence-corrected chi connectivity index (χ2v) is 4.17. The van der Waals surface area contributed by atoms with Gasteiger partial charge >= 0.3 is 0 Å². The lowest BCUT2D eigenvalue weighted by molar-refractivity contribution is 1.25. The van der Waals surface area contributed by atoms with E-state index < -0.39 is 0 Å². The molecule has 3 heterocycles. The van der Waals surface area contributed by atoms with Crippen molar-refractivity contribution < 1.29 is 0 Å². The minimum atomic E-state index is 0.947. The molecule has 0 amide bonds. The van der Waals surface area contributed by atoms with Gasteiger partial charge in [-0.25, -0.2) is 0 Å². The van der Waals surface area contributed by atoms with Gasteiger partial charge in [-0.15, -0.1) is 0 Å². The van der Waals surface area contributed by atoms with Gasteiger partial charge in [-0.2, -0.15) is 0 Å². The molecule has 0 bridgehead atoms. The monoisotopic (exact) mass is 235 g/mol. The van der Waals surface area contributed by atoms with Crippen LogP contribution in [0.3, 0.4) is 0 Å². The summed E-state index contributed by atoms with van der Waals surface area (Å²) in [5.74, 6) is 0. The number of aryl methyl sites for hydroxylation is 1. The van der Waals surface area contributed by atoms with Crippen LogP contribution in [-0.2, 0) is 0 Å². The fourth-order valence-corrected chi connectivity index (χ4v) is 1.99. The summed E-state index contributed by atoms with van der Waals surface area (Å²) in [6, 6.07) is 13.9. The Labute approximate surface area is 106 Å². The molecule has 0 saturated carbocycles. The molecule has 0 aliphatic carbocycles. The molecule has 0 atom stereocenters. The van der Waals surface area contributed by atoms with E-state index in [1.165, 1.54) is 5.56 Å². The molecule has 3 rings (SSSR count). The van der Waals surface area contributed by atoms with Crippen molar-refractivity contribution >= 4 is 0 Å². The Morgan fingerprint density at radius 1 is 0.889 bits per heavy atom. The largest absolute Gasteiger partial charge is 0.352 e. The average Bonchev–Trinajstić information content (AvgIpc) is 2.83. The summed E-state index contributed by atoms with van der Waals surface area (Å²) < 4.78 is 0. The lowest BCUT2D eigenvalue weighted by Crippen LogP contribution is -1.85. The first-order chi connectivity index (χ1) is 8.84. The maximum atomic E-state index is 4.37. The Morgan fingerprint density at radius 3 is 2.17 bits per heavy atom. The molecule has 0 unspecified atom stereocenters. The highest BCUT2D eigenvalue weighted by molar-refractivity contribution is 5.67. The molecule has 0 spiro atoms. The van der Waals surface area contributed by atoms with Crippen LogP contribution in [0.5, 0.6) is 0 Å². The molecular formula is C15H13N3. The van der Waals surface area contributed by atoms with E-state index in [0.717, 1.165) is 22.8 Å². The number of rotatable bonds is 2. The van der Waals surface area contributed by atoms with Crippen molar-refractivity contribution in [3.05, 3.63) is 60.4 Å². The second-order valence-electron chi connectivity index (χ2n) is 4.17. The van der Waals surface area contributed by atoms with Crippen LogP contribution in [0.2, 0.25) is 0 Å². The number of hydrogen-bond donors (Lipinski definition) is 1. The zero-order valence-electron chi connectivity index (χ0n) is 10.1. The molecular weight excluding hydrogens is 222 g/mol. The van der Waals surface area contributed by atoms with Gasteiger partial charge in [-0.05, 0) is 42.8 Å². The number of hydrogen-bond acceptors (Lipinski definition) is 2. The maximum Gasteiger partial charge on any atom is 0.0867 e. The number of nitrogens with zero attached hydrogens (tertiary/aromatic N) is 2. The van der Waals surface area contributed by atoms with Gasteiger partial charge < -0.3 is 4.98 Å². The lowest BCUT2D eigenvalue weighted by Gasteiger charge is -1.98. The van der Waals surface area contributed by atoms with Crippen molar-refractivity contribution in [1.29, 1.82) is 0 Å². The molecule has 1 N–H and O–H groups in total. The molecule has 0 saturated heterocycles. The highest BCUT2D eigenvalue weighted by Crippen LogP contribution is 2.25. The van der Waals surface area contributed by atoms with Crippen LogP contribution in [0.15, 0.2) is 54.9 Å². The van der Waals surface area contributed by atoms with Crippen LogP contribution < -0.4 is 0 Å². The normalized spacial score (nSPS) is 10.5. The highest BCUT2D eigenvalue weighted by Gasteiger charge is 2.09. The van der Waals surface area contributed by atoms with Gasteiger partial charge in [0.05, 0.1) is 22.8 Å². The van der Waals surface area contributed by atoms with Crippen molar-refractivity contribution in [3.8, 4) is 22.8 Å². The second kappa shape index (κ2) is 4.45. The van der Waals surface area contributed by atoms with Gasteiger partial charge in [-0.1, -0.05) is 12.1 Å². The van der Waals surface area contributed by atoms with Crippen LogP contribution in [0, 0.1) is 6.92 Å². The predicted octanol–water partition coefficient (Wildman–Crippen LogP) is 3.45. The zero-order chi connectivity index (χ0) is 12.4. The first-order valence-corrected chi connectivity index (χ1v) is 5.87. The van der Waals surface area contributed by atoms with Crippen LogP contribution in [0.1, 0.15) is 5.56 Å². The minimum absolute atomic E-state index is 0.947. The van der Waals surface area contributed by atoms with Gasteiger partial charge in [0, 0.05) is 12.4 Å². The van der Waals surface area contributed by atoms with Crippen molar-refractivity contribution in [2.75, 3.05) is 0 Å². The quantitative estimate of drug-likeness (QED) is 0.739. The Morgan fingerprint density at radius 2 is 1.56 bits per heavy atom. The first-order valence-electron chi connectivity index (χ1n) is 5.87. The number of nitrogens with one attached hydrogen (secondary N) is 1. The zero-order valence-corrected chi connectivity index (χ0v) is 10.1. The van der Waals surface area contributed by atoms with E-state index in [1.54, 1.807) is 12.4 Å². The summed E-state index contributed by atoms with van der Waals surface area (Å²) in [5, 5.41) is 0. The summed E-state index contributed by atoms with van der Waals surface area (Å²) in [5.41, 5.74) is 5.15. The van der Waals surface area contributed by atoms with Crippen molar-refractivity contribution in [2.45, 2.75) is 6.92 Å². The molecule has 3 heteroatoms. The average molecular weight is 235 g/mol. The van der Waals surface area contributed by atoms with Gasteiger partial charge in [0.25, 0.3) is 0 Å². The van der Waals surface area contributed by atoms with Crippen LogP contribution in [0.25, 0.3) is 22.8 Å². The van der Waals surface area contributed by atoms with E-state index in [9.17, 15) is 0 Å². The van der Waals surface area contributed by atoms with E-state index >= 15 is 0 Å². The van der Waals surface area contributed by atoms with E-state index in [4.69, 9.17) is 0 Å². The number of aromatic amines is 1. The Kier molecular flexibility index (Phi) is 2.65. The van der Waals surface area contributed by atoms with Gasteiger partial charge in [0.1, 0.15) is 0 Å². The Bertz CT molecular complexity index is 642. The summed E-state index contributed by atoms with van der Waals surface area (Å²) in [6.07, 6.45) is 3.60. The maximum absolute atomic E-state index is 4.37. The molecule has 88 valence electrons. The Hall–Kier alpha value is -2.42. The molecule has 0 fully saturated rings. The smallest absolute Gasteiger partial charge is 0.0867 e. The number of pyridine rings is 2.